The molecule has 34 heavy (non-hydrogen) atoms. The van der Waals surface area contributed by atoms with E-state index in [-0.39, 0.29) is 5.75 Å². The average molecular weight is 531 g/mol. The molecule has 0 amide bonds. The molecule has 0 spiro atoms. The summed E-state index contributed by atoms with van der Waals surface area (Å²) in [5.41, 5.74) is 8.85. The van der Waals surface area contributed by atoms with E-state index in [1.807, 2.05) is 6.92 Å². The van der Waals surface area contributed by atoms with E-state index in [9.17, 15) is 5.11 Å². The van der Waals surface area contributed by atoms with Gasteiger partial charge in [0, 0.05) is 32.5 Å². The number of phenolic OH excluding ortho intramolecular Hbond substituents is 1. The molecule has 0 unspecified atom stereocenters. The van der Waals surface area contributed by atoms with Gasteiger partial charge < -0.3 is 15.7 Å². The van der Waals surface area contributed by atoms with Crippen LogP contribution in [-0.2, 0) is 0 Å². The number of hydrazone groups is 2. The zero-order valence-corrected chi connectivity index (χ0v) is 21.0. The molecule has 0 heterocycles. The summed E-state index contributed by atoms with van der Waals surface area (Å²) in [5.74, 6) is 0.00913. The maximum Gasteiger partial charge on any atom is 0.191 e. The van der Waals surface area contributed by atoms with Crippen LogP contribution in [0.1, 0.15) is 16.7 Å². The van der Waals surface area contributed by atoms with E-state index in [0.717, 1.165) is 16.9 Å². The predicted octanol–water partition coefficient (Wildman–Crippen LogP) is 5.65. The minimum absolute atomic E-state index is 0.00913. The molecular weight excluding hydrogens is 511 g/mol. The van der Waals surface area contributed by atoms with Gasteiger partial charge in [-0.3, -0.25) is 10.9 Å². The van der Waals surface area contributed by atoms with Crippen LogP contribution in [0.25, 0.3) is 0 Å². The van der Waals surface area contributed by atoms with Crippen LogP contribution >= 0.6 is 47.6 Å². The lowest BCUT2D eigenvalue weighted by Crippen LogP contribution is -2.24. The van der Waals surface area contributed by atoms with E-state index < -0.39 is 0 Å². The summed E-state index contributed by atoms with van der Waals surface area (Å²) in [4.78, 5) is 0. The summed E-state index contributed by atoms with van der Waals surface area (Å²) in [6.45, 7) is 1.90. The number of phenols is 1. The molecule has 11 heteroatoms. The lowest BCUT2D eigenvalue weighted by Gasteiger charge is -2.08. The smallest absolute Gasteiger partial charge is 0.191 e. The number of hydrogen-bond acceptors (Lipinski definition) is 5. The first-order valence-electron chi connectivity index (χ1n) is 9.85. The normalized spacial score (nSPS) is 10.9. The Morgan fingerprint density at radius 3 is 1.53 bits per heavy atom. The molecule has 0 saturated carbocycles. The van der Waals surface area contributed by atoms with Crippen molar-refractivity contribution < 1.29 is 5.11 Å². The Morgan fingerprint density at radius 2 is 1.15 bits per heavy atom. The molecule has 0 radical (unpaired) electrons. The number of aromatic hydroxyl groups is 1. The number of halogens is 2. The topological polar surface area (TPSA) is 93.1 Å². The second-order valence-corrected chi connectivity index (χ2v) is 8.64. The molecule has 3 aromatic rings. The molecule has 0 atom stereocenters. The predicted molar refractivity (Wildman–Crippen MR) is 150 cm³/mol. The summed E-state index contributed by atoms with van der Waals surface area (Å²) >= 11 is 22.2. The van der Waals surface area contributed by atoms with Crippen LogP contribution in [0.2, 0.25) is 10.0 Å². The van der Waals surface area contributed by atoms with Crippen LogP contribution in [0, 0.1) is 6.92 Å². The highest BCUT2D eigenvalue weighted by Crippen LogP contribution is 2.22. The second kappa shape index (κ2) is 12.3. The average Bonchev–Trinajstić information content (AvgIpc) is 2.79. The number of aryl methyl sites for hydroxylation is 1. The molecule has 0 aromatic heterocycles. The molecular formula is C23H20Cl2N6OS2. The zero-order chi connectivity index (χ0) is 24.5. The van der Waals surface area contributed by atoms with Crippen LogP contribution in [0.15, 0.2) is 70.9 Å². The maximum absolute atomic E-state index is 10.6. The second-order valence-electron chi connectivity index (χ2n) is 6.95. The van der Waals surface area contributed by atoms with E-state index in [0.29, 0.717) is 31.4 Å². The van der Waals surface area contributed by atoms with Crippen LogP contribution in [0.4, 0.5) is 11.4 Å². The van der Waals surface area contributed by atoms with Crippen LogP contribution < -0.4 is 21.5 Å². The summed E-state index contributed by atoms with van der Waals surface area (Å²) in [7, 11) is 0. The monoisotopic (exact) mass is 530 g/mol. The number of nitrogens with zero attached hydrogens (tertiary/aromatic N) is 2. The molecule has 0 bridgehead atoms. The fourth-order valence-corrected chi connectivity index (χ4v) is 3.33. The van der Waals surface area contributed by atoms with Gasteiger partial charge in [0.1, 0.15) is 5.75 Å². The lowest BCUT2D eigenvalue weighted by atomic mass is 10.1. The van der Waals surface area contributed by atoms with E-state index >= 15 is 0 Å². The van der Waals surface area contributed by atoms with Gasteiger partial charge in [-0.25, -0.2) is 0 Å². The molecule has 3 aromatic carbocycles. The van der Waals surface area contributed by atoms with E-state index in [2.05, 4.69) is 31.7 Å². The van der Waals surface area contributed by atoms with Crippen molar-refractivity contribution in [3.8, 4) is 5.75 Å². The summed E-state index contributed by atoms with van der Waals surface area (Å²) in [6, 6.07) is 17.7. The number of hydrogen-bond donors (Lipinski definition) is 5. The van der Waals surface area contributed by atoms with Crippen molar-refractivity contribution in [2.75, 3.05) is 10.6 Å². The highest BCUT2D eigenvalue weighted by molar-refractivity contribution is 7.80. The van der Waals surface area contributed by atoms with Crippen LogP contribution in [-0.4, -0.2) is 27.8 Å². The molecule has 0 aliphatic heterocycles. The third kappa shape index (κ3) is 7.96. The van der Waals surface area contributed by atoms with E-state index in [1.54, 1.807) is 60.7 Å². The minimum Gasteiger partial charge on any atom is -0.507 e. The van der Waals surface area contributed by atoms with Crippen molar-refractivity contribution >= 4 is 81.7 Å². The number of nitrogens with one attached hydrogen (secondary N) is 4. The van der Waals surface area contributed by atoms with Crippen molar-refractivity contribution in [2.24, 2.45) is 10.2 Å². The fraction of sp³-hybridized carbons (Fsp3) is 0.0435. The number of rotatable bonds is 6. The Kier molecular flexibility index (Phi) is 9.17. The van der Waals surface area contributed by atoms with Crippen molar-refractivity contribution in [2.45, 2.75) is 6.92 Å². The first-order valence-corrected chi connectivity index (χ1v) is 11.4. The zero-order valence-electron chi connectivity index (χ0n) is 17.8. The van der Waals surface area contributed by atoms with Crippen LogP contribution in [0.5, 0.6) is 5.75 Å². The Morgan fingerprint density at radius 1 is 0.765 bits per heavy atom. The number of anilines is 2. The summed E-state index contributed by atoms with van der Waals surface area (Å²) in [6.07, 6.45) is 2.94. The van der Waals surface area contributed by atoms with Gasteiger partial charge >= 0.3 is 0 Å². The van der Waals surface area contributed by atoms with Gasteiger partial charge in [0.05, 0.1) is 12.4 Å². The third-order valence-corrected chi connectivity index (χ3v) is 5.15. The van der Waals surface area contributed by atoms with Crippen molar-refractivity contribution in [1.82, 2.24) is 10.9 Å². The lowest BCUT2D eigenvalue weighted by molar-refractivity contribution is 0.473. The molecule has 174 valence electrons. The van der Waals surface area contributed by atoms with Gasteiger partial charge in [-0.2, -0.15) is 10.2 Å². The quantitative estimate of drug-likeness (QED) is 0.160. The minimum atomic E-state index is 0.00913. The molecule has 7 nitrogen and oxygen atoms in total. The largest absolute Gasteiger partial charge is 0.507 e. The van der Waals surface area contributed by atoms with Gasteiger partial charge in [-0.05, 0) is 97.6 Å². The van der Waals surface area contributed by atoms with Gasteiger partial charge in [0.25, 0.3) is 0 Å². The van der Waals surface area contributed by atoms with Gasteiger partial charge in [0.2, 0.25) is 0 Å². The highest BCUT2D eigenvalue weighted by atomic mass is 35.5. The van der Waals surface area contributed by atoms with Crippen molar-refractivity contribution in [3.63, 3.8) is 0 Å². The Balaban J connectivity index is 1.58. The van der Waals surface area contributed by atoms with E-state index in [4.69, 9.17) is 47.6 Å². The summed E-state index contributed by atoms with van der Waals surface area (Å²) in [5, 5.41) is 26.6. The fourth-order valence-electron chi connectivity index (χ4n) is 2.74. The standard InChI is InChI=1S/C23H20Cl2N6OS2/c1-14-10-15(12-26-30-22(33)28-19-6-2-17(24)3-7-19)21(32)16(11-14)13-27-31-23(34)29-20-8-4-18(25)5-9-20/h2-13,32H,1H3,(H2,28,30,33)(H2,29,31,34)/b26-12+,27-13+. The Hall–Kier alpha value is -3.24. The molecule has 0 aliphatic rings. The molecule has 0 fully saturated rings. The SMILES string of the molecule is Cc1cc(/C=N/NC(=S)Nc2ccc(Cl)cc2)c(O)c(/C=N/NC(=S)Nc2ccc(Cl)cc2)c1. The number of benzene rings is 3. The number of thiocarbonyl (C=S) groups is 2. The Bertz CT molecular complexity index is 1140. The third-order valence-electron chi connectivity index (χ3n) is 4.26. The highest BCUT2D eigenvalue weighted by Gasteiger charge is 2.06. The first kappa shape index (κ1) is 25.4. The van der Waals surface area contributed by atoms with Gasteiger partial charge in [-0.1, -0.05) is 23.2 Å². The molecule has 5 N–H and O–H groups in total. The van der Waals surface area contributed by atoms with Gasteiger partial charge in [0.15, 0.2) is 10.2 Å². The summed E-state index contributed by atoms with van der Waals surface area (Å²) < 4.78 is 0. The van der Waals surface area contributed by atoms with Crippen molar-refractivity contribution in [3.05, 3.63) is 87.4 Å². The molecule has 0 saturated heterocycles. The molecule has 3 rings (SSSR count). The van der Waals surface area contributed by atoms with E-state index in [1.165, 1.54) is 12.4 Å². The first-order chi connectivity index (χ1) is 16.3. The van der Waals surface area contributed by atoms with Crippen LogP contribution in [0.3, 0.4) is 0 Å². The van der Waals surface area contributed by atoms with Crippen molar-refractivity contribution in [1.29, 1.82) is 0 Å². The Labute approximate surface area is 217 Å². The maximum atomic E-state index is 10.6. The van der Waals surface area contributed by atoms with Gasteiger partial charge in [-0.15, -0.1) is 0 Å². The molecule has 0 aliphatic carbocycles.